The normalized spacial score (nSPS) is 48.9. The number of allylic oxidation sites excluding steroid dienone is 2. The van der Waals surface area contributed by atoms with Crippen molar-refractivity contribution in [1.82, 2.24) is 4.90 Å². The number of halogens is 2. The summed E-state index contributed by atoms with van der Waals surface area (Å²) >= 11 is 12.6. The van der Waals surface area contributed by atoms with Gasteiger partial charge >= 0.3 is 0 Å². The molecular formula is C21H33Cl2N. The smallest absolute Gasteiger partial charge is 0.0373 e. The van der Waals surface area contributed by atoms with Gasteiger partial charge in [0.15, 0.2) is 0 Å². The summed E-state index contributed by atoms with van der Waals surface area (Å²) in [6.45, 7) is 7.44. The van der Waals surface area contributed by atoms with Gasteiger partial charge in [0.25, 0.3) is 0 Å². The Morgan fingerprint density at radius 2 is 2.00 bits per heavy atom. The van der Waals surface area contributed by atoms with Gasteiger partial charge in [-0.25, -0.2) is 0 Å². The topological polar surface area (TPSA) is 3.24 Å². The van der Waals surface area contributed by atoms with Crippen molar-refractivity contribution < 1.29 is 0 Å². The van der Waals surface area contributed by atoms with E-state index in [0.717, 1.165) is 36.6 Å². The summed E-state index contributed by atoms with van der Waals surface area (Å²) in [4.78, 5) is 2.74. The summed E-state index contributed by atoms with van der Waals surface area (Å²) in [6, 6.07) is 0. The third kappa shape index (κ3) is 2.60. The van der Waals surface area contributed by atoms with Crippen LogP contribution in [0.5, 0.6) is 0 Å². The number of hydrogen-bond acceptors (Lipinski definition) is 1. The van der Waals surface area contributed by atoms with Gasteiger partial charge in [0.05, 0.1) is 0 Å². The van der Waals surface area contributed by atoms with Crippen LogP contribution >= 0.6 is 23.2 Å². The van der Waals surface area contributed by atoms with Crippen LogP contribution in [0.2, 0.25) is 0 Å². The molecule has 0 bridgehead atoms. The molecule has 0 N–H and O–H groups in total. The van der Waals surface area contributed by atoms with Crippen LogP contribution in [0, 0.1) is 23.2 Å². The maximum Gasteiger partial charge on any atom is 0.0373 e. The van der Waals surface area contributed by atoms with E-state index in [2.05, 4.69) is 24.8 Å². The molecule has 0 amide bonds. The zero-order valence-corrected chi connectivity index (χ0v) is 16.9. The third-order valence-corrected chi connectivity index (χ3v) is 8.96. The van der Waals surface area contributed by atoms with Gasteiger partial charge in [-0.1, -0.05) is 18.6 Å². The molecule has 3 heteroatoms. The summed E-state index contributed by atoms with van der Waals surface area (Å²) in [6.07, 6.45) is 13.1. The van der Waals surface area contributed by atoms with E-state index in [0.29, 0.717) is 16.3 Å². The van der Waals surface area contributed by atoms with Gasteiger partial charge in [-0.2, -0.15) is 0 Å². The van der Waals surface area contributed by atoms with Crippen molar-refractivity contribution in [2.45, 2.75) is 76.1 Å². The molecule has 0 aromatic heterocycles. The van der Waals surface area contributed by atoms with Crippen molar-refractivity contribution in [2.24, 2.45) is 23.2 Å². The van der Waals surface area contributed by atoms with Crippen LogP contribution in [0.1, 0.15) is 65.2 Å². The van der Waals surface area contributed by atoms with E-state index in [-0.39, 0.29) is 0 Å². The fraction of sp³-hybridized carbons (Fsp3) is 0.905. The highest BCUT2D eigenvalue weighted by Gasteiger charge is 2.56. The fourth-order valence-electron chi connectivity index (χ4n) is 7.06. The molecule has 0 spiro atoms. The number of alkyl halides is 2. The predicted octanol–water partition coefficient (Wildman–Crippen LogP) is 5.85. The van der Waals surface area contributed by atoms with Crippen LogP contribution < -0.4 is 0 Å². The monoisotopic (exact) mass is 369 g/mol. The molecule has 24 heavy (non-hydrogen) atoms. The first-order valence-corrected chi connectivity index (χ1v) is 11.1. The van der Waals surface area contributed by atoms with Crippen LogP contribution in [-0.4, -0.2) is 34.8 Å². The largest absolute Gasteiger partial charge is 0.296 e. The van der Waals surface area contributed by atoms with E-state index in [9.17, 15) is 0 Å². The Kier molecular flexibility index (Phi) is 4.76. The SMILES string of the molecule is CC12CCC(Cl)CC1=CCC1C2CCC2(C)C1CCCN2CCCl. The molecule has 6 atom stereocenters. The van der Waals surface area contributed by atoms with Crippen molar-refractivity contribution in [2.75, 3.05) is 19.0 Å². The van der Waals surface area contributed by atoms with Crippen molar-refractivity contribution in [3.8, 4) is 0 Å². The van der Waals surface area contributed by atoms with E-state index in [4.69, 9.17) is 23.2 Å². The van der Waals surface area contributed by atoms with Gasteiger partial charge in [-0.15, -0.1) is 23.2 Å². The standard InChI is InChI=1S/C21H33Cl2N/c1-20-9-7-16(23)14-15(20)5-6-17-18(20)8-10-21(2)19(17)4-3-12-24(21)13-11-22/h5,16-19H,3-4,6-14H2,1-2H3. The first kappa shape index (κ1) is 17.7. The number of hydrogen-bond donors (Lipinski definition) is 0. The fourth-order valence-corrected chi connectivity index (χ4v) is 7.54. The van der Waals surface area contributed by atoms with Gasteiger partial charge in [0, 0.05) is 23.3 Å². The molecule has 1 heterocycles. The second kappa shape index (κ2) is 6.46. The number of nitrogens with zero attached hydrogens (tertiary/aromatic N) is 1. The number of fused-ring (bicyclic) bond motifs is 5. The molecule has 2 saturated carbocycles. The van der Waals surface area contributed by atoms with Gasteiger partial charge in [-0.05, 0) is 88.0 Å². The first-order valence-electron chi connectivity index (χ1n) is 10.1. The summed E-state index contributed by atoms with van der Waals surface area (Å²) in [7, 11) is 0. The highest BCUT2D eigenvalue weighted by atomic mass is 35.5. The second-order valence-corrected chi connectivity index (χ2v) is 10.3. The van der Waals surface area contributed by atoms with E-state index in [1.807, 2.05) is 0 Å². The Morgan fingerprint density at radius 3 is 2.79 bits per heavy atom. The number of piperidine rings is 1. The Balaban J connectivity index is 1.63. The lowest BCUT2D eigenvalue weighted by Crippen LogP contribution is -2.62. The quantitative estimate of drug-likeness (QED) is 0.435. The van der Waals surface area contributed by atoms with Crippen molar-refractivity contribution in [3.05, 3.63) is 11.6 Å². The highest BCUT2D eigenvalue weighted by Crippen LogP contribution is 2.61. The molecule has 3 fully saturated rings. The average Bonchev–Trinajstić information content (AvgIpc) is 2.56. The van der Waals surface area contributed by atoms with Gasteiger partial charge in [0.2, 0.25) is 0 Å². The first-order chi connectivity index (χ1) is 11.5. The highest BCUT2D eigenvalue weighted by molar-refractivity contribution is 6.20. The number of likely N-dealkylation sites (tertiary alicyclic amines) is 1. The zero-order chi connectivity index (χ0) is 16.9. The maximum absolute atomic E-state index is 6.50. The van der Waals surface area contributed by atoms with Crippen molar-refractivity contribution in [1.29, 1.82) is 0 Å². The molecule has 1 nitrogen and oxygen atoms in total. The van der Waals surface area contributed by atoms with Gasteiger partial charge < -0.3 is 0 Å². The molecule has 0 aromatic carbocycles. The minimum atomic E-state index is 0.378. The van der Waals surface area contributed by atoms with E-state index in [1.165, 1.54) is 51.5 Å². The summed E-state index contributed by atoms with van der Waals surface area (Å²) in [5.41, 5.74) is 2.52. The van der Waals surface area contributed by atoms with Crippen molar-refractivity contribution in [3.63, 3.8) is 0 Å². The van der Waals surface area contributed by atoms with Crippen LogP contribution in [0.4, 0.5) is 0 Å². The molecule has 4 aliphatic rings. The molecule has 136 valence electrons. The minimum Gasteiger partial charge on any atom is -0.296 e. The van der Waals surface area contributed by atoms with Crippen molar-refractivity contribution >= 4 is 23.2 Å². The summed E-state index contributed by atoms with van der Waals surface area (Å²) in [5, 5.41) is 0.378. The van der Waals surface area contributed by atoms with Gasteiger partial charge in [-0.3, -0.25) is 4.90 Å². The third-order valence-electron chi connectivity index (χ3n) is 8.42. The molecule has 4 rings (SSSR count). The lowest BCUT2D eigenvalue weighted by molar-refractivity contribution is -0.0945. The minimum absolute atomic E-state index is 0.378. The molecule has 0 aromatic rings. The molecule has 3 aliphatic carbocycles. The Bertz CT molecular complexity index is 516. The second-order valence-electron chi connectivity index (χ2n) is 9.31. The lowest BCUT2D eigenvalue weighted by Gasteiger charge is -2.62. The van der Waals surface area contributed by atoms with E-state index in [1.54, 1.807) is 5.57 Å². The summed E-state index contributed by atoms with van der Waals surface area (Å²) < 4.78 is 0. The number of rotatable bonds is 2. The Labute approximate surface area is 158 Å². The average molecular weight is 370 g/mol. The van der Waals surface area contributed by atoms with Crippen LogP contribution in [0.15, 0.2) is 11.6 Å². The lowest BCUT2D eigenvalue weighted by atomic mass is 9.48. The predicted molar refractivity (Wildman–Crippen MR) is 104 cm³/mol. The molecule has 1 aliphatic heterocycles. The van der Waals surface area contributed by atoms with Crippen LogP contribution in [0.25, 0.3) is 0 Å². The molecule has 1 saturated heterocycles. The Morgan fingerprint density at radius 1 is 1.17 bits per heavy atom. The van der Waals surface area contributed by atoms with Crippen LogP contribution in [0.3, 0.4) is 0 Å². The molecule has 6 unspecified atom stereocenters. The Hall–Kier alpha value is 0.280. The maximum atomic E-state index is 6.50. The van der Waals surface area contributed by atoms with E-state index >= 15 is 0 Å². The van der Waals surface area contributed by atoms with E-state index < -0.39 is 0 Å². The molecule has 0 radical (unpaired) electrons. The van der Waals surface area contributed by atoms with Gasteiger partial charge in [0.1, 0.15) is 0 Å². The molecular weight excluding hydrogens is 337 g/mol. The zero-order valence-electron chi connectivity index (χ0n) is 15.4. The summed E-state index contributed by atoms with van der Waals surface area (Å²) in [5.74, 6) is 3.39. The van der Waals surface area contributed by atoms with Crippen LogP contribution in [-0.2, 0) is 0 Å².